The Kier molecular flexibility index (Phi) is 5.18. The van der Waals surface area contributed by atoms with Gasteiger partial charge in [0.1, 0.15) is 15.7 Å². The van der Waals surface area contributed by atoms with Crippen LogP contribution in [0.25, 0.3) is 10.6 Å². The molecule has 27 heavy (non-hydrogen) atoms. The number of benzene rings is 1. The Labute approximate surface area is 159 Å². The Morgan fingerprint density at radius 2 is 1.93 bits per heavy atom. The number of rotatable bonds is 4. The lowest BCUT2D eigenvalue weighted by Gasteiger charge is -2.07. The number of halogens is 1. The Morgan fingerprint density at radius 3 is 2.63 bits per heavy atom. The first kappa shape index (κ1) is 18.9. The maximum atomic E-state index is 13.7. The van der Waals surface area contributed by atoms with Crippen LogP contribution in [-0.2, 0) is 13.6 Å². The summed E-state index contributed by atoms with van der Waals surface area (Å²) < 4.78 is 15.0. The summed E-state index contributed by atoms with van der Waals surface area (Å²) in [4.78, 5) is 29.9. The van der Waals surface area contributed by atoms with Crippen LogP contribution in [0.4, 0.5) is 4.39 Å². The minimum absolute atomic E-state index is 0.0767. The Morgan fingerprint density at radius 1 is 1.22 bits per heavy atom. The molecule has 0 aliphatic heterocycles. The van der Waals surface area contributed by atoms with Gasteiger partial charge in [-0.2, -0.15) is 5.10 Å². The number of hydrogen-bond donors (Lipinski definition) is 1. The molecular formula is C19H19FN4O2S. The molecule has 1 aromatic carbocycles. The van der Waals surface area contributed by atoms with Gasteiger partial charge in [-0.1, -0.05) is 18.2 Å². The second kappa shape index (κ2) is 7.40. The van der Waals surface area contributed by atoms with E-state index in [2.05, 4.69) is 15.4 Å². The van der Waals surface area contributed by atoms with Crippen molar-refractivity contribution in [1.82, 2.24) is 20.1 Å². The molecule has 0 radical (unpaired) electrons. The van der Waals surface area contributed by atoms with Crippen molar-refractivity contribution in [3.05, 3.63) is 67.8 Å². The zero-order valence-electron chi connectivity index (χ0n) is 15.5. The smallest absolute Gasteiger partial charge is 0.277 e. The summed E-state index contributed by atoms with van der Waals surface area (Å²) in [6.07, 6.45) is 0. The SMILES string of the molecule is Cc1nc(-c2c(C)c(C)nn(C)c2=O)sc1C(=O)NCc1ccccc1F. The van der Waals surface area contributed by atoms with Gasteiger partial charge in [-0.15, -0.1) is 11.3 Å². The lowest BCUT2D eigenvalue weighted by Crippen LogP contribution is -2.23. The van der Waals surface area contributed by atoms with Gasteiger partial charge in [0.15, 0.2) is 0 Å². The Hall–Kier alpha value is -2.87. The molecule has 2 heterocycles. The third kappa shape index (κ3) is 3.66. The number of hydrogen-bond acceptors (Lipinski definition) is 5. The molecule has 0 unspecified atom stereocenters. The van der Waals surface area contributed by atoms with Gasteiger partial charge in [0.05, 0.1) is 17.0 Å². The summed E-state index contributed by atoms with van der Waals surface area (Å²) in [5, 5.41) is 7.35. The van der Waals surface area contributed by atoms with Crippen molar-refractivity contribution < 1.29 is 9.18 Å². The molecule has 0 aliphatic carbocycles. The second-order valence-corrected chi connectivity index (χ2v) is 7.22. The van der Waals surface area contributed by atoms with E-state index in [9.17, 15) is 14.0 Å². The highest BCUT2D eigenvalue weighted by atomic mass is 32.1. The average Bonchev–Trinajstić information content (AvgIpc) is 3.01. The van der Waals surface area contributed by atoms with Crippen LogP contribution in [0.1, 0.15) is 32.2 Å². The number of aryl methyl sites for hydroxylation is 3. The number of carbonyl (C=O) groups excluding carboxylic acids is 1. The van der Waals surface area contributed by atoms with Gasteiger partial charge in [-0.25, -0.2) is 14.1 Å². The molecule has 1 N–H and O–H groups in total. The van der Waals surface area contributed by atoms with Gasteiger partial charge in [-0.05, 0) is 32.4 Å². The first-order valence-electron chi connectivity index (χ1n) is 8.33. The third-order valence-corrected chi connectivity index (χ3v) is 5.51. The van der Waals surface area contributed by atoms with Crippen LogP contribution in [0.2, 0.25) is 0 Å². The fourth-order valence-electron chi connectivity index (χ4n) is 2.71. The summed E-state index contributed by atoms with van der Waals surface area (Å²) in [5.74, 6) is -0.717. The van der Waals surface area contributed by atoms with Crippen molar-refractivity contribution in [3.63, 3.8) is 0 Å². The topological polar surface area (TPSA) is 76.9 Å². The monoisotopic (exact) mass is 386 g/mol. The van der Waals surface area contributed by atoms with Gasteiger partial charge in [0, 0.05) is 19.2 Å². The maximum Gasteiger partial charge on any atom is 0.277 e. The molecule has 3 aromatic rings. The molecule has 0 bridgehead atoms. The fraction of sp³-hybridized carbons (Fsp3) is 0.263. The Balaban J connectivity index is 1.90. The van der Waals surface area contributed by atoms with E-state index in [-0.39, 0.29) is 23.8 Å². The number of amides is 1. The molecule has 2 aromatic heterocycles. The van der Waals surface area contributed by atoms with Crippen molar-refractivity contribution in [1.29, 1.82) is 0 Å². The molecule has 8 heteroatoms. The van der Waals surface area contributed by atoms with Crippen molar-refractivity contribution in [2.24, 2.45) is 7.05 Å². The fourth-order valence-corrected chi connectivity index (χ4v) is 3.79. The van der Waals surface area contributed by atoms with E-state index in [1.807, 2.05) is 13.8 Å². The lowest BCUT2D eigenvalue weighted by molar-refractivity contribution is 0.0954. The van der Waals surface area contributed by atoms with E-state index >= 15 is 0 Å². The highest BCUT2D eigenvalue weighted by Gasteiger charge is 2.21. The van der Waals surface area contributed by atoms with Gasteiger partial charge in [0.25, 0.3) is 11.5 Å². The highest BCUT2D eigenvalue weighted by Crippen LogP contribution is 2.28. The summed E-state index contributed by atoms with van der Waals surface area (Å²) in [6.45, 7) is 5.42. The summed E-state index contributed by atoms with van der Waals surface area (Å²) in [5.41, 5.74) is 2.59. The zero-order valence-corrected chi connectivity index (χ0v) is 16.3. The number of nitrogens with zero attached hydrogens (tertiary/aromatic N) is 3. The molecule has 0 saturated carbocycles. The van der Waals surface area contributed by atoms with Crippen LogP contribution < -0.4 is 10.9 Å². The molecule has 0 atom stereocenters. The van der Waals surface area contributed by atoms with Gasteiger partial charge in [0.2, 0.25) is 0 Å². The van der Waals surface area contributed by atoms with Crippen LogP contribution in [-0.4, -0.2) is 20.7 Å². The normalized spacial score (nSPS) is 10.9. The van der Waals surface area contributed by atoms with E-state index in [1.54, 1.807) is 32.2 Å². The molecule has 1 amide bonds. The minimum atomic E-state index is -0.370. The molecule has 6 nitrogen and oxygen atoms in total. The van der Waals surface area contributed by atoms with Crippen LogP contribution in [0.3, 0.4) is 0 Å². The standard InChI is InChI=1S/C19H19FN4O2S/c1-10-11(2)23-24(4)19(26)15(10)18-22-12(3)16(27-18)17(25)21-9-13-7-5-6-8-14(13)20/h5-8H,9H2,1-4H3,(H,21,25). The molecule has 0 saturated heterocycles. The van der Waals surface area contributed by atoms with E-state index in [0.29, 0.717) is 26.7 Å². The summed E-state index contributed by atoms with van der Waals surface area (Å²) >= 11 is 1.15. The first-order chi connectivity index (χ1) is 12.8. The number of nitrogens with one attached hydrogen (secondary N) is 1. The molecule has 0 fully saturated rings. The summed E-state index contributed by atoms with van der Waals surface area (Å²) in [6, 6.07) is 6.28. The lowest BCUT2D eigenvalue weighted by atomic mass is 10.1. The van der Waals surface area contributed by atoms with Crippen molar-refractivity contribution in [2.75, 3.05) is 0 Å². The molecule has 0 aliphatic rings. The van der Waals surface area contributed by atoms with Crippen molar-refractivity contribution >= 4 is 17.2 Å². The summed E-state index contributed by atoms with van der Waals surface area (Å²) in [7, 11) is 1.58. The molecule has 3 rings (SSSR count). The maximum absolute atomic E-state index is 13.7. The van der Waals surface area contributed by atoms with E-state index < -0.39 is 0 Å². The molecular weight excluding hydrogens is 367 g/mol. The largest absolute Gasteiger partial charge is 0.347 e. The van der Waals surface area contributed by atoms with Crippen LogP contribution in [0.15, 0.2) is 29.1 Å². The van der Waals surface area contributed by atoms with Crippen molar-refractivity contribution in [2.45, 2.75) is 27.3 Å². The average molecular weight is 386 g/mol. The van der Waals surface area contributed by atoms with Gasteiger partial charge >= 0.3 is 0 Å². The van der Waals surface area contributed by atoms with Crippen molar-refractivity contribution in [3.8, 4) is 10.6 Å². The predicted molar refractivity (Wildman–Crippen MR) is 102 cm³/mol. The van der Waals surface area contributed by atoms with E-state index in [0.717, 1.165) is 22.6 Å². The number of carbonyl (C=O) groups is 1. The quantitative estimate of drug-likeness (QED) is 0.748. The number of aromatic nitrogens is 3. The minimum Gasteiger partial charge on any atom is -0.347 e. The Bertz CT molecular complexity index is 1090. The highest BCUT2D eigenvalue weighted by molar-refractivity contribution is 7.17. The van der Waals surface area contributed by atoms with Crippen LogP contribution >= 0.6 is 11.3 Å². The number of thiazole rings is 1. The van der Waals surface area contributed by atoms with Gasteiger partial charge < -0.3 is 5.32 Å². The third-order valence-electron chi connectivity index (χ3n) is 4.34. The second-order valence-electron chi connectivity index (χ2n) is 6.22. The van der Waals surface area contributed by atoms with Crippen LogP contribution in [0, 0.1) is 26.6 Å². The first-order valence-corrected chi connectivity index (χ1v) is 9.15. The van der Waals surface area contributed by atoms with Crippen LogP contribution in [0.5, 0.6) is 0 Å². The molecule has 0 spiro atoms. The molecule has 140 valence electrons. The van der Waals surface area contributed by atoms with E-state index in [4.69, 9.17) is 0 Å². The van der Waals surface area contributed by atoms with E-state index in [1.165, 1.54) is 10.7 Å². The van der Waals surface area contributed by atoms with Gasteiger partial charge in [-0.3, -0.25) is 9.59 Å². The zero-order chi connectivity index (χ0) is 19.7. The predicted octanol–water partition coefficient (Wildman–Crippen LogP) is 2.90.